The Morgan fingerprint density at radius 2 is 2.13 bits per heavy atom. The number of rotatable bonds is 4. The number of hydrogen-bond acceptors (Lipinski definition) is 4. The minimum Gasteiger partial charge on any atom is -0.350 e. The molecule has 0 saturated heterocycles. The molecule has 0 aliphatic heterocycles. The first-order valence-electron chi connectivity index (χ1n) is 6.81. The van der Waals surface area contributed by atoms with E-state index in [9.17, 15) is 13.6 Å². The van der Waals surface area contributed by atoms with Crippen LogP contribution in [0.25, 0.3) is 11.3 Å². The highest BCUT2D eigenvalue weighted by Crippen LogP contribution is 2.24. The van der Waals surface area contributed by atoms with Gasteiger partial charge in [0.1, 0.15) is 17.3 Å². The summed E-state index contributed by atoms with van der Waals surface area (Å²) in [7, 11) is 0. The number of carbonyl (C=O) groups is 1. The molecule has 0 bridgehead atoms. The fourth-order valence-corrected chi connectivity index (χ4v) is 2.82. The lowest BCUT2D eigenvalue weighted by Crippen LogP contribution is -2.25. The number of nitrogens with one attached hydrogen (secondary N) is 1. The van der Waals surface area contributed by atoms with Crippen molar-refractivity contribution in [3.05, 3.63) is 64.1 Å². The molecule has 0 saturated carbocycles. The summed E-state index contributed by atoms with van der Waals surface area (Å²) in [5.41, 5.74) is 0.205. The van der Waals surface area contributed by atoms with Gasteiger partial charge in [-0.25, -0.2) is 8.78 Å². The van der Waals surface area contributed by atoms with E-state index in [1.807, 2.05) is 24.4 Å². The van der Waals surface area contributed by atoms with Crippen LogP contribution in [0.1, 0.15) is 28.4 Å². The van der Waals surface area contributed by atoms with E-state index in [2.05, 4.69) is 10.5 Å². The Morgan fingerprint density at radius 1 is 1.30 bits per heavy atom. The van der Waals surface area contributed by atoms with Gasteiger partial charge in [0.25, 0.3) is 5.91 Å². The SMILES string of the molecule is C[C@@H](NC(=O)c1cc(-c2ccc(F)cc2F)no1)c1cccs1. The van der Waals surface area contributed by atoms with Crippen molar-refractivity contribution in [1.29, 1.82) is 0 Å². The first-order chi connectivity index (χ1) is 11.0. The van der Waals surface area contributed by atoms with Gasteiger partial charge in [-0.3, -0.25) is 4.79 Å². The molecule has 0 aliphatic carbocycles. The van der Waals surface area contributed by atoms with E-state index in [0.29, 0.717) is 0 Å². The molecule has 0 spiro atoms. The monoisotopic (exact) mass is 334 g/mol. The number of carbonyl (C=O) groups excluding carboxylic acids is 1. The van der Waals surface area contributed by atoms with Gasteiger partial charge in [0.15, 0.2) is 0 Å². The standard InChI is InChI=1S/C16H12F2N2O2S/c1-9(15-3-2-6-23-15)19-16(21)14-8-13(20-22-14)11-5-4-10(17)7-12(11)18/h2-9H,1H3,(H,19,21)/t9-/m1/s1. The molecule has 118 valence electrons. The Balaban J connectivity index is 1.77. The van der Waals surface area contributed by atoms with Crippen molar-refractivity contribution in [2.24, 2.45) is 0 Å². The number of thiophene rings is 1. The average Bonchev–Trinajstić information content (AvgIpc) is 3.19. The zero-order valence-electron chi connectivity index (χ0n) is 12.0. The summed E-state index contributed by atoms with van der Waals surface area (Å²) in [6.07, 6.45) is 0. The average molecular weight is 334 g/mol. The Labute approximate surface area is 134 Å². The molecular weight excluding hydrogens is 322 g/mol. The van der Waals surface area contributed by atoms with Crippen LogP contribution in [0, 0.1) is 11.6 Å². The van der Waals surface area contributed by atoms with Crippen molar-refractivity contribution in [2.75, 3.05) is 0 Å². The van der Waals surface area contributed by atoms with E-state index >= 15 is 0 Å². The zero-order valence-corrected chi connectivity index (χ0v) is 12.9. The lowest BCUT2D eigenvalue weighted by molar-refractivity contribution is 0.0903. The molecule has 4 nitrogen and oxygen atoms in total. The quantitative estimate of drug-likeness (QED) is 0.779. The van der Waals surface area contributed by atoms with Gasteiger partial charge < -0.3 is 9.84 Å². The second-order valence-electron chi connectivity index (χ2n) is 4.91. The van der Waals surface area contributed by atoms with Crippen molar-refractivity contribution in [1.82, 2.24) is 10.5 Å². The molecule has 1 aromatic carbocycles. The van der Waals surface area contributed by atoms with Crippen LogP contribution >= 0.6 is 11.3 Å². The van der Waals surface area contributed by atoms with Gasteiger partial charge in [-0.1, -0.05) is 11.2 Å². The number of aromatic nitrogens is 1. The molecule has 0 unspecified atom stereocenters. The van der Waals surface area contributed by atoms with Crippen LogP contribution in [-0.4, -0.2) is 11.1 Å². The highest BCUT2D eigenvalue weighted by Gasteiger charge is 2.18. The Morgan fingerprint density at radius 3 is 2.83 bits per heavy atom. The molecule has 1 atom stereocenters. The maximum absolute atomic E-state index is 13.7. The summed E-state index contributed by atoms with van der Waals surface area (Å²) >= 11 is 1.53. The van der Waals surface area contributed by atoms with Crippen molar-refractivity contribution < 1.29 is 18.1 Å². The van der Waals surface area contributed by atoms with Crippen molar-refractivity contribution in [2.45, 2.75) is 13.0 Å². The van der Waals surface area contributed by atoms with Crippen LogP contribution in [0.5, 0.6) is 0 Å². The predicted octanol–water partition coefficient (Wildman–Crippen LogP) is 4.17. The van der Waals surface area contributed by atoms with E-state index in [1.165, 1.54) is 23.5 Å². The topological polar surface area (TPSA) is 55.1 Å². The van der Waals surface area contributed by atoms with Crippen LogP contribution < -0.4 is 5.32 Å². The maximum atomic E-state index is 13.7. The normalized spacial score (nSPS) is 12.1. The van der Waals surface area contributed by atoms with Crippen LogP contribution in [-0.2, 0) is 0 Å². The predicted molar refractivity (Wildman–Crippen MR) is 82.1 cm³/mol. The smallest absolute Gasteiger partial charge is 0.290 e. The summed E-state index contributed by atoms with van der Waals surface area (Å²) in [6.45, 7) is 1.85. The number of halogens is 2. The van der Waals surface area contributed by atoms with Gasteiger partial charge in [0.2, 0.25) is 5.76 Å². The third-order valence-electron chi connectivity index (χ3n) is 3.26. The molecule has 3 rings (SSSR count). The summed E-state index contributed by atoms with van der Waals surface area (Å²) in [4.78, 5) is 13.1. The lowest BCUT2D eigenvalue weighted by atomic mass is 10.1. The number of hydrogen-bond donors (Lipinski definition) is 1. The van der Waals surface area contributed by atoms with Crippen LogP contribution in [0.2, 0.25) is 0 Å². The molecule has 2 heterocycles. The summed E-state index contributed by atoms with van der Waals surface area (Å²) in [6, 6.07) is 8.07. The molecular formula is C16H12F2N2O2S. The van der Waals surface area contributed by atoms with Crippen LogP contribution in [0.15, 0.2) is 46.3 Å². The van der Waals surface area contributed by atoms with E-state index in [1.54, 1.807) is 0 Å². The van der Waals surface area contributed by atoms with E-state index < -0.39 is 17.5 Å². The highest BCUT2D eigenvalue weighted by molar-refractivity contribution is 7.10. The van der Waals surface area contributed by atoms with Gasteiger partial charge in [-0.15, -0.1) is 11.3 Å². The van der Waals surface area contributed by atoms with E-state index in [-0.39, 0.29) is 23.1 Å². The van der Waals surface area contributed by atoms with Crippen molar-refractivity contribution in [3.8, 4) is 11.3 Å². The van der Waals surface area contributed by atoms with Gasteiger partial charge in [0, 0.05) is 22.6 Å². The number of benzene rings is 1. The largest absolute Gasteiger partial charge is 0.350 e. The van der Waals surface area contributed by atoms with Gasteiger partial charge in [-0.05, 0) is 30.5 Å². The molecule has 3 aromatic rings. The lowest BCUT2D eigenvalue weighted by Gasteiger charge is -2.09. The maximum Gasteiger partial charge on any atom is 0.290 e. The first kappa shape index (κ1) is 15.4. The van der Waals surface area contributed by atoms with E-state index in [4.69, 9.17) is 4.52 Å². The Bertz CT molecular complexity index is 830. The molecule has 23 heavy (non-hydrogen) atoms. The fraction of sp³-hybridized carbons (Fsp3) is 0.125. The molecule has 0 radical (unpaired) electrons. The minimum absolute atomic E-state index is 0.0351. The van der Waals surface area contributed by atoms with Gasteiger partial charge in [-0.2, -0.15) is 0 Å². The number of amides is 1. The van der Waals surface area contributed by atoms with Crippen LogP contribution in [0.4, 0.5) is 8.78 Å². The van der Waals surface area contributed by atoms with Crippen molar-refractivity contribution in [3.63, 3.8) is 0 Å². The zero-order chi connectivity index (χ0) is 16.4. The fourth-order valence-electron chi connectivity index (χ4n) is 2.08. The third-order valence-corrected chi connectivity index (χ3v) is 4.31. The van der Waals surface area contributed by atoms with Crippen molar-refractivity contribution >= 4 is 17.2 Å². The van der Waals surface area contributed by atoms with Gasteiger partial charge >= 0.3 is 0 Å². The molecule has 1 amide bonds. The minimum atomic E-state index is -0.766. The second-order valence-corrected chi connectivity index (χ2v) is 5.89. The second kappa shape index (κ2) is 6.29. The summed E-state index contributed by atoms with van der Waals surface area (Å²) in [5, 5.41) is 8.36. The molecule has 2 aromatic heterocycles. The van der Waals surface area contributed by atoms with E-state index in [0.717, 1.165) is 17.0 Å². The molecule has 7 heteroatoms. The molecule has 0 fully saturated rings. The van der Waals surface area contributed by atoms with Gasteiger partial charge in [0.05, 0.1) is 6.04 Å². The third kappa shape index (κ3) is 3.29. The molecule has 0 aliphatic rings. The Kier molecular flexibility index (Phi) is 4.20. The number of nitrogens with zero attached hydrogens (tertiary/aromatic N) is 1. The molecule has 1 N–H and O–H groups in total. The summed E-state index contributed by atoms with van der Waals surface area (Å²) in [5.74, 6) is -1.94. The highest BCUT2D eigenvalue weighted by atomic mass is 32.1. The Hall–Kier alpha value is -2.54. The van der Waals surface area contributed by atoms with Crippen LogP contribution in [0.3, 0.4) is 0 Å². The first-order valence-corrected chi connectivity index (χ1v) is 7.69. The summed E-state index contributed by atoms with van der Waals surface area (Å²) < 4.78 is 31.6.